The molecule has 2 aliphatic rings. The van der Waals surface area contributed by atoms with Crippen molar-refractivity contribution in [3.8, 4) is 0 Å². The van der Waals surface area contributed by atoms with E-state index in [1.54, 1.807) is 0 Å². The van der Waals surface area contributed by atoms with E-state index in [-0.39, 0.29) is 0 Å². The number of hydrogen-bond acceptors (Lipinski definition) is 3. The minimum absolute atomic E-state index is 0.626. The van der Waals surface area contributed by atoms with E-state index >= 15 is 0 Å². The monoisotopic (exact) mass is 248 g/mol. The van der Waals surface area contributed by atoms with E-state index in [4.69, 9.17) is 0 Å². The number of likely N-dealkylation sites (N-methyl/N-ethyl adjacent to an activating group) is 1. The van der Waals surface area contributed by atoms with Gasteiger partial charge in [0.25, 0.3) is 0 Å². The molecule has 1 saturated heterocycles. The van der Waals surface area contributed by atoms with Gasteiger partial charge in [-0.05, 0) is 26.3 Å². The first-order chi connectivity index (χ1) is 8.88. The fourth-order valence-corrected chi connectivity index (χ4v) is 3.37. The standard InChI is InChI=1S/C14H24N4/c1-15-12-7-9-17(11-12)14-16-8-10-18(14)13-5-3-2-4-6-13/h8,10,12-13,15H,2-7,9,11H2,1H3. The SMILES string of the molecule is CNC1CCN(c2nccn2C2CCCCC2)C1. The molecule has 0 radical (unpaired) electrons. The Morgan fingerprint density at radius 1 is 1.22 bits per heavy atom. The molecule has 1 unspecified atom stereocenters. The van der Waals surface area contributed by atoms with Gasteiger partial charge in [0.2, 0.25) is 5.95 Å². The molecule has 2 heterocycles. The third kappa shape index (κ3) is 2.26. The van der Waals surface area contributed by atoms with Crippen LogP contribution in [0.3, 0.4) is 0 Å². The maximum absolute atomic E-state index is 4.60. The number of rotatable bonds is 3. The minimum atomic E-state index is 0.626. The lowest BCUT2D eigenvalue weighted by molar-refractivity contribution is 0.353. The van der Waals surface area contributed by atoms with Crippen molar-refractivity contribution in [1.29, 1.82) is 0 Å². The lowest BCUT2D eigenvalue weighted by Crippen LogP contribution is -2.31. The van der Waals surface area contributed by atoms with E-state index in [1.807, 2.05) is 6.20 Å². The van der Waals surface area contributed by atoms with Crippen LogP contribution in [0.15, 0.2) is 12.4 Å². The highest BCUT2D eigenvalue weighted by Crippen LogP contribution is 2.32. The molecule has 1 aliphatic heterocycles. The number of nitrogens with one attached hydrogen (secondary N) is 1. The summed E-state index contributed by atoms with van der Waals surface area (Å²) in [4.78, 5) is 7.04. The van der Waals surface area contributed by atoms with Crippen LogP contribution in [0.25, 0.3) is 0 Å². The van der Waals surface area contributed by atoms with Crippen molar-refractivity contribution in [3.63, 3.8) is 0 Å². The van der Waals surface area contributed by atoms with Gasteiger partial charge < -0.3 is 14.8 Å². The Balaban J connectivity index is 1.74. The van der Waals surface area contributed by atoms with Crippen molar-refractivity contribution in [2.75, 3.05) is 25.0 Å². The largest absolute Gasteiger partial charge is 0.341 e. The van der Waals surface area contributed by atoms with Gasteiger partial charge in [0.05, 0.1) is 0 Å². The minimum Gasteiger partial charge on any atom is -0.341 e. The zero-order valence-corrected chi connectivity index (χ0v) is 11.3. The average molecular weight is 248 g/mol. The molecule has 1 aliphatic carbocycles. The van der Waals surface area contributed by atoms with Crippen LogP contribution < -0.4 is 10.2 Å². The first kappa shape index (κ1) is 12.0. The van der Waals surface area contributed by atoms with Crippen molar-refractivity contribution in [1.82, 2.24) is 14.9 Å². The summed E-state index contributed by atoms with van der Waals surface area (Å²) in [5.41, 5.74) is 0. The molecule has 1 aromatic rings. The maximum atomic E-state index is 4.60. The van der Waals surface area contributed by atoms with Crippen LogP contribution >= 0.6 is 0 Å². The molecule has 0 aromatic carbocycles. The fraction of sp³-hybridized carbons (Fsp3) is 0.786. The Hall–Kier alpha value is -1.03. The molecule has 0 bridgehead atoms. The fourth-order valence-electron chi connectivity index (χ4n) is 3.37. The van der Waals surface area contributed by atoms with Gasteiger partial charge in [-0.25, -0.2) is 4.98 Å². The molecule has 3 rings (SSSR count). The quantitative estimate of drug-likeness (QED) is 0.890. The zero-order valence-electron chi connectivity index (χ0n) is 11.3. The molecule has 2 fully saturated rings. The maximum Gasteiger partial charge on any atom is 0.205 e. The van der Waals surface area contributed by atoms with E-state index < -0.39 is 0 Å². The van der Waals surface area contributed by atoms with Gasteiger partial charge in [0, 0.05) is 37.6 Å². The summed E-state index contributed by atoms with van der Waals surface area (Å²) in [5.74, 6) is 1.19. The highest BCUT2D eigenvalue weighted by Gasteiger charge is 2.26. The summed E-state index contributed by atoms with van der Waals surface area (Å²) in [6.07, 6.45) is 12.2. The smallest absolute Gasteiger partial charge is 0.205 e. The van der Waals surface area contributed by atoms with Gasteiger partial charge in [0.1, 0.15) is 0 Å². The summed E-state index contributed by atoms with van der Waals surface area (Å²) in [6.45, 7) is 2.23. The Morgan fingerprint density at radius 3 is 2.78 bits per heavy atom. The number of anilines is 1. The van der Waals surface area contributed by atoms with Crippen LogP contribution in [-0.2, 0) is 0 Å². The van der Waals surface area contributed by atoms with E-state index in [2.05, 4.69) is 33.0 Å². The second-order valence-corrected chi connectivity index (χ2v) is 5.65. The first-order valence-electron chi connectivity index (χ1n) is 7.33. The van der Waals surface area contributed by atoms with Gasteiger partial charge in [-0.2, -0.15) is 0 Å². The van der Waals surface area contributed by atoms with Gasteiger partial charge >= 0.3 is 0 Å². The third-order valence-electron chi connectivity index (χ3n) is 4.50. The highest BCUT2D eigenvalue weighted by atomic mass is 15.3. The third-order valence-corrected chi connectivity index (χ3v) is 4.50. The Bertz CT molecular complexity index is 381. The van der Waals surface area contributed by atoms with Gasteiger partial charge in [-0.15, -0.1) is 0 Å². The summed E-state index contributed by atoms with van der Waals surface area (Å²) in [6, 6.07) is 1.31. The van der Waals surface area contributed by atoms with E-state index in [0.29, 0.717) is 12.1 Å². The first-order valence-corrected chi connectivity index (χ1v) is 7.33. The summed E-state index contributed by atoms with van der Waals surface area (Å²) in [5, 5.41) is 3.38. The average Bonchev–Trinajstić information content (AvgIpc) is 3.08. The lowest BCUT2D eigenvalue weighted by Gasteiger charge is -2.27. The number of imidazole rings is 1. The Labute approximate surface area is 109 Å². The number of nitrogens with zero attached hydrogens (tertiary/aromatic N) is 3. The zero-order chi connectivity index (χ0) is 12.4. The number of aromatic nitrogens is 2. The summed E-state index contributed by atoms with van der Waals surface area (Å²) >= 11 is 0. The molecular formula is C14H24N4. The molecule has 1 N–H and O–H groups in total. The highest BCUT2D eigenvalue weighted by molar-refractivity contribution is 5.34. The van der Waals surface area contributed by atoms with Crippen LogP contribution in [0.1, 0.15) is 44.6 Å². The van der Waals surface area contributed by atoms with Crippen molar-refractivity contribution in [2.24, 2.45) is 0 Å². The molecule has 100 valence electrons. The van der Waals surface area contributed by atoms with Crippen LogP contribution in [-0.4, -0.2) is 35.7 Å². The lowest BCUT2D eigenvalue weighted by atomic mass is 9.95. The predicted molar refractivity (Wildman–Crippen MR) is 74.0 cm³/mol. The van der Waals surface area contributed by atoms with Crippen molar-refractivity contribution in [2.45, 2.75) is 50.6 Å². The van der Waals surface area contributed by atoms with Crippen LogP contribution in [0, 0.1) is 0 Å². The molecule has 1 saturated carbocycles. The normalized spacial score (nSPS) is 25.8. The van der Waals surface area contributed by atoms with Crippen molar-refractivity contribution < 1.29 is 0 Å². The second kappa shape index (κ2) is 5.31. The Morgan fingerprint density at radius 2 is 2.06 bits per heavy atom. The van der Waals surface area contributed by atoms with E-state index in [0.717, 1.165) is 13.1 Å². The predicted octanol–water partition coefficient (Wildman–Crippen LogP) is 2.19. The van der Waals surface area contributed by atoms with Crippen molar-refractivity contribution in [3.05, 3.63) is 12.4 Å². The second-order valence-electron chi connectivity index (χ2n) is 5.65. The van der Waals surface area contributed by atoms with Crippen LogP contribution in [0.5, 0.6) is 0 Å². The van der Waals surface area contributed by atoms with Gasteiger partial charge in [-0.1, -0.05) is 19.3 Å². The van der Waals surface area contributed by atoms with Crippen LogP contribution in [0.4, 0.5) is 5.95 Å². The topological polar surface area (TPSA) is 33.1 Å². The molecular weight excluding hydrogens is 224 g/mol. The van der Waals surface area contributed by atoms with E-state index in [9.17, 15) is 0 Å². The van der Waals surface area contributed by atoms with Gasteiger partial charge in [-0.3, -0.25) is 0 Å². The van der Waals surface area contributed by atoms with E-state index in [1.165, 1.54) is 44.5 Å². The molecule has 18 heavy (non-hydrogen) atoms. The molecule has 1 aromatic heterocycles. The molecule has 4 nitrogen and oxygen atoms in total. The van der Waals surface area contributed by atoms with Gasteiger partial charge in [0.15, 0.2) is 0 Å². The Kier molecular flexibility index (Phi) is 3.55. The molecule has 0 spiro atoms. The van der Waals surface area contributed by atoms with Crippen molar-refractivity contribution >= 4 is 5.95 Å². The molecule has 0 amide bonds. The number of hydrogen-bond donors (Lipinski definition) is 1. The molecule has 4 heteroatoms. The summed E-state index contributed by atoms with van der Waals surface area (Å²) < 4.78 is 2.43. The molecule has 1 atom stereocenters. The van der Waals surface area contributed by atoms with Crippen LogP contribution in [0.2, 0.25) is 0 Å². The summed E-state index contributed by atoms with van der Waals surface area (Å²) in [7, 11) is 2.06.